The van der Waals surface area contributed by atoms with Gasteiger partial charge in [0.2, 0.25) is 5.91 Å². The SMILES string of the molecule is O=C(N[C@@H](Cc1c[nH]c2ccccc12)C(=O)Nc1nc(-c2ccccc2)c(-c2ccccc2)s1)Oc1ccccc1. The number of hydrogen-bond acceptors (Lipinski definition) is 5. The number of para-hydroxylation sites is 2. The number of nitrogens with zero attached hydrogens (tertiary/aromatic N) is 1. The Morgan fingerprint density at radius 1 is 0.805 bits per heavy atom. The summed E-state index contributed by atoms with van der Waals surface area (Å²) in [4.78, 5) is 35.6. The van der Waals surface area contributed by atoms with E-state index in [9.17, 15) is 9.59 Å². The lowest BCUT2D eigenvalue weighted by Crippen LogP contribution is -2.46. The molecule has 7 nitrogen and oxygen atoms in total. The highest BCUT2D eigenvalue weighted by atomic mass is 32.1. The minimum atomic E-state index is -0.922. The first-order chi connectivity index (χ1) is 20.1. The van der Waals surface area contributed by atoms with Crippen molar-refractivity contribution in [3.05, 3.63) is 127 Å². The third-order valence-corrected chi connectivity index (χ3v) is 7.62. The first-order valence-corrected chi connectivity index (χ1v) is 14.0. The van der Waals surface area contributed by atoms with E-state index in [1.54, 1.807) is 24.3 Å². The fourth-order valence-corrected chi connectivity index (χ4v) is 5.64. The standard InChI is InChI=1S/C33H26N4O3S/c38-31(37-32-36-29(22-12-4-1-5-13-22)30(41-32)23-14-6-2-7-15-23)28(35-33(39)40-25-16-8-3-9-17-25)20-24-21-34-27-19-11-10-18-26(24)27/h1-19,21,28,34H,20H2,(H,35,39)(H,36,37,38)/t28-/m0/s1. The number of fused-ring (bicyclic) bond motifs is 1. The Morgan fingerprint density at radius 3 is 2.17 bits per heavy atom. The van der Waals surface area contributed by atoms with Crippen LogP contribution in [0.2, 0.25) is 0 Å². The lowest BCUT2D eigenvalue weighted by molar-refractivity contribution is -0.118. The van der Waals surface area contributed by atoms with Crippen LogP contribution in [0.15, 0.2) is 121 Å². The molecule has 0 saturated carbocycles. The molecule has 4 aromatic carbocycles. The van der Waals surface area contributed by atoms with E-state index in [0.29, 0.717) is 10.9 Å². The van der Waals surface area contributed by atoms with Gasteiger partial charge in [0.15, 0.2) is 5.13 Å². The van der Waals surface area contributed by atoms with Gasteiger partial charge in [0.1, 0.15) is 11.8 Å². The number of H-pyrrole nitrogens is 1. The topological polar surface area (TPSA) is 96.1 Å². The molecule has 0 aliphatic rings. The van der Waals surface area contributed by atoms with E-state index in [-0.39, 0.29) is 6.42 Å². The number of benzene rings is 4. The Kier molecular flexibility index (Phi) is 7.55. The fraction of sp³-hybridized carbons (Fsp3) is 0.0606. The van der Waals surface area contributed by atoms with Crippen LogP contribution in [-0.4, -0.2) is 28.0 Å². The molecule has 6 aromatic rings. The van der Waals surface area contributed by atoms with Crippen LogP contribution in [0.5, 0.6) is 5.75 Å². The summed E-state index contributed by atoms with van der Waals surface area (Å²) in [6.45, 7) is 0. The summed E-state index contributed by atoms with van der Waals surface area (Å²) < 4.78 is 5.44. The predicted octanol–water partition coefficient (Wildman–Crippen LogP) is 7.30. The number of thiazole rings is 1. The van der Waals surface area contributed by atoms with Crippen molar-refractivity contribution >= 4 is 39.4 Å². The number of amides is 2. The van der Waals surface area contributed by atoms with Gasteiger partial charge >= 0.3 is 6.09 Å². The van der Waals surface area contributed by atoms with Crippen molar-refractivity contribution < 1.29 is 14.3 Å². The number of carbonyl (C=O) groups excluding carboxylic acids is 2. The van der Waals surface area contributed by atoms with Crippen LogP contribution in [0, 0.1) is 0 Å². The number of rotatable bonds is 8. The highest BCUT2D eigenvalue weighted by Gasteiger charge is 2.26. The summed E-state index contributed by atoms with van der Waals surface area (Å²) in [5, 5.41) is 7.14. The molecule has 0 aliphatic heterocycles. The monoisotopic (exact) mass is 558 g/mol. The molecule has 202 valence electrons. The molecule has 6 rings (SSSR count). The zero-order valence-corrected chi connectivity index (χ0v) is 22.7. The number of aromatic nitrogens is 2. The fourth-order valence-electron chi connectivity index (χ4n) is 4.64. The van der Waals surface area contributed by atoms with Crippen LogP contribution in [0.1, 0.15) is 5.56 Å². The van der Waals surface area contributed by atoms with Gasteiger partial charge in [-0.25, -0.2) is 9.78 Å². The number of nitrogens with one attached hydrogen (secondary N) is 3. The van der Waals surface area contributed by atoms with E-state index >= 15 is 0 Å². The molecule has 0 radical (unpaired) electrons. The molecule has 0 saturated heterocycles. The lowest BCUT2D eigenvalue weighted by atomic mass is 10.0. The lowest BCUT2D eigenvalue weighted by Gasteiger charge is -2.17. The average Bonchev–Trinajstić information content (AvgIpc) is 3.62. The zero-order valence-electron chi connectivity index (χ0n) is 21.9. The van der Waals surface area contributed by atoms with Crippen molar-refractivity contribution in [3.8, 4) is 27.4 Å². The van der Waals surface area contributed by atoms with Gasteiger partial charge in [-0.05, 0) is 29.3 Å². The number of anilines is 1. The average molecular weight is 559 g/mol. The number of carbonyl (C=O) groups is 2. The second kappa shape index (κ2) is 11.9. The molecular formula is C33H26N4O3S. The molecule has 0 aliphatic carbocycles. The van der Waals surface area contributed by atoms with Gasteiger partial charge < -0.3 is 20.4 Å². The summed E-state index contributed by atoms with van der Waals surface area (Å²) in [6.07, 6.45) is 1.40. The molecule has 1 atom stereocenters. The van der Waals surface area contributed by atoms with Crippen molar-refractivity contribution in [1.82, 2.24) is 15.3 Å². The van der Waals surface area contributed by atoms with Gasteiger partial charge in [-0.15, -0.1) is 0 Å². The largest absolute Gasteiger partial charge is 0.413 e. The van der Waals surface area contributed by atoms with Crippen LogP contribution in [0.4, 0.5) is 9.93 Å². The van der Waals surface area contributed by atoms with Gasteiger partial charge in [-0.3, -0.25) is 4.79 Å². The van der Waals surface area contributed by atoms with Crippen LogP contribution in [-0.2, 0) is 11.2 Å². The number of aromatic amines is 1. The van der Waals surface area contributed by atoms with E-state index in [1.165, 1.54) is 11.3 Å². The second-order valence-corrected chi connectivity index (χ2v) is 10.4. The van der Waals surface area contributed by atoms with Gasteiger partial charge in [0, 0.05) is 29.1 Å². The van der Waals surface area contributed by atoms with Crippen molar-refractivity contribution in [2.45, 2.75) is 12.5 Å². The van der Waals surface area contributed by atoms with Crippen LogP contribution >= 0.6 is 11.3 Å². The van der Waals surface area contributed by atoms with E-state index in [0.717, 1.165) is 38.2 Å². The molecule has 2 heterocycles. The summed E-state index contributed by atoms with van der Waals surface area (Å²) >= 11 is 1.39. The molecule has 3 N–H and O–H groups in total. The maximum Gasteiger partial charge on any atom is 0.413 e. The zero-order chi connectivity index (χ0) is 28.0. The Labute approximate surface area is 240 Å². The summed E-state index contributed by atoms with van der Waals surface area (Å²) in [6, 6.07) is 35.5. The second-order valence-electron chi connectivity index (χ2n) is 9.38. The number of ether oxygens (including phenoxy) is 1. The Balaban J connectivity index is 1.29. The Bertz CT molecular complexity index is 1730. The molecule has 41 heavy (non-hydrogen) atoms. The summed E-state index contributed by atoms with van der Waals surface area (Å²) in [5.41, 5.74) is 4.58. The molecular weight excluding hydrogens is 532 g/mol. The summed E-state index contributed by atoms with van der Waals surface area (Å²) in [7, 11) is 0. The van der Waals surface area contributed by atoms with Crippen molar-refractivity contribution in [2.75, 3.05) is 5.32 Å². The third-order valence-electron chi connectivity index (χ3n) is 6.60. The van der Waals surface area contributed by atoms with Crippen LogP contribution in [0.3, 0.4) is 0 Å². The molecule has 0 bridgehead atoms. The molecule has 2 aromatic heterocycles. The summed E-state index contributed by atoms with van der Waals surface area (Å²) in [5.74, 6) is -0.00977. The van der Waals surface area contributed by atoms with Crippen molar-refractivity contribution in [2.24, 2.45) is 0 Å². The van der Waals surface area contributed by atoms with E-state index < -0.39 is 18.0 Å². The van der Waals surface area contributed by atoms with Crippen LogP contribution in [0.25, 0.3) is 32.6 Å². The van der Waals surface area contributed by atoms with Gasteiger partial charge in [-0.2, -0.15) is 0 Å². The first kappa shape index (κ1) is 26.0. The third kappa shape index (κ3) is 6.03. The maximum absolute atomic E-state index is 13.7. The Morgan fingerprint density at radius 2 is 1.44 bits per heavy atom. The predicted molar refractivity (Wildman–Crippen MR) is 163 cm³/mol. The minimum absolute atomic E-state index is 0.252. The maximum atomic E-state index is 13.7. The molecule has 0 fully saturated rings. The van der Waals surface area contributed by atoms with Gasteiger partial charge in [-0.1, -0.05) is 108 Å². The highest BCUT2D eigenvalue weighted by molar-refractivity contribution is 7.19. The van der Waals surface area contributed by atoms with Crippen LogP contribution < -0.4 is 15.4 Å². The molecule has 0 spiro atoms. The minimum Gasteiger partial charge on any atom is -0.410 e. The molecule has 8 heteroatoms. The van der Waals surface area contributed by atoms with Crippen molar-refractivity contribution in [1.29, 1.82) is 0 Å². The van der Waals surface area contributed by atoms with E-state index in [1.807, 2.05) is 97.2 Å². The normalized spacial score (nSPS) is 11.6. The quantitative estimate of drug-likeness (QED) is 0.183. The van der Waals surface area contributed by atoms with Gasteiger partial charge in [0.05, 0.1) is 10.6 Å². The smallest absolute Gasteiger partial charge is 0.410 e. The van der Waals surface area contributed by atoms with E-state index in [4.69, 9.17) is 9.72 Å². The Hall–Kier alpha value is -5.21. The van der Waals surface area contributed by atoms with Gasteiger partial charge in [0.25, 0.3) is 0 Å². The first-order valence-electron chi connectivity index (χ1n) is 13.1. The van der Waals surface area contributed by atoms with E-state index in [2.05, 4.69) is 15.6 Å². The molecule has 2 amide bonds. The molecule has 0 unspecified atom stereocenters. The van der Waals surface area contributed by atoms with Crippen molar-refractivity contribution in [3.63, 3.8) is 0 Å². The number of hydrogen-bond donors (Lipinski definition) is 3. The highest BCUT2D eigenvalue weighted by Crippen LogP contribution is 2.39.